The molecule has 2 fully saturated rings. The van der Waals surface area contributed by atoms with Crippen molar-refractivity contribution in [2.75, 3.05) is 13.1 Å². The third-order valence-corrected chi connectivity index (χ3v) is 8.60. The molecule has 31 heavy (non-hydrogen) atoms. The van der Waals surface area contributed by atoms with Gasteiger partial charge in [-0.1, -0.05) is 6.42 Å². The monoisotopic (exact) mass is 473 g/mol. The number of rotatable bonds is 7. The molecule has 1 aliphatic carbocycles. The first-order valence-corrected chi connectivity index (χ1v) is 13.4. The van der Waals surface area contributed by atoms with E-state index in [1.165, 1.54) is 28.6 Å². The number of piperidine rings is 1. The maximum atomic E-state index is 13.2. The van der Waals surface area contributed by atoms with E-state index in [-0.39, 0.29) is 22.4 Å². The van der Waals surface area contributed by atoms with Gasteiger partial charge in [0.2, 0.25) is 20.0 Å². The van der Waals surface area contributed by atoms with Gasteiger partial charge in [-0.3, -0.25) is 0 Å². The van der Waals surface area contributed by atoms with Gasteiger partial charge >= 0.3 is 6.09 Å². The van der Waals surface area contributed by atoms with Gasteiger partial charge in [0, 0.05) is 25.2 Å². The second-order valence-corrected chi connectivity index (χ2v) is 12.6. The molecule has 1 aromatic carbocycles. The van der Waals surface area contributed by atoms with Gasteiger partial charge in [0.05, 0.1) is 9.79 Å². The van der Waals surface area contributed by atoms with Crippen LogP contribution in [0.1, 0.15) is 52.9 Å². The molecule has 3 rings (SSSR count). The Kier molecular flexibility index (Phi) is 6.99. The van der Waals surface area contributed by atoms with E-state index >= 15 is 0 Å². The maximum absolute atomic E-state index is 13.2. The molecule has 1 aliphatic heterocycles. The molecule has 1 unspecified atom stereocenters. The molecule has 174 valence electrons. The lowest BCUT2D eigenvalue weighted by Crippen LogP contribution is -2.49. The Morgan fingerprint density at radius 2 is 1.65 bits per heavy atom. The van der Waals surface area contributed by atoms with Crippen LogP contribution in [0.5, 0.6) is 0 Å². The van der Waals surface area contributed by atoms with E-state index < -0.39 is 37.8 Å². The fraction of sp³-hybridized carbons (Fsp3) is 0.650. The highest BCUT2D eigenvalue weighted by Crippen LogP contribution is 2.27. The van der Waals surface area contributed by atoms with Crippen LogP contribution >= 0.6 is 0 Å². The van der Waals surface area contributed by atoms with Crippen molar-refractivity contribution in [1.29, 1.82) is 0 Å². The van der Waals surface area contributed by atoms with Gasteiger partial charge in [-0.2, -0.15) is 4.31 Å². The summed E-state index contributed by atoms with van der Waals surface area (Å²) in [4.78, 5) is 12.0. The van der Waals surface area contributed by atoms with Crippen molar-refractivity contribution in [2.24, 2.45) is 0 Å². The predicted molar refractivity (Wildman–Crippen MR) is 116 cm³/mol. The number of benzene rings is 1. The highest BCUT2D eigenvalue weighted by atomic mass is 32.2. The van der Waals surface area contributed by atoms with Crippen molar-refractivity contribution in [3.8, 4) is 0 Å². The third-order valence-electron chi connectivity index (χ3n) is 5.09. The average Bonchev–Trinajstić information content (AvgIpc) is 3.48. The molecule has 0 aromatic heterocycles. The van der Waals surface area contributed by atoms with Crippen LogP contribution in [0.2, 0.25) is 0 Å². The number of nitrogens with one attached hydrogen (secondary N) is 2. The highest BCUT2D eigenvalue weighted by Gasteiger charge is 2.34. The number of carbonyl (C=O) groups is 1. The van der Waals surface area contributed by atoms with Crippen LogP contribution in [0.15, 0.2) is 34.1 Å². The smallest absolute Gasteiger partial charge is 0.407 e. The first-order chi connectivity index (χ1) is 14.4. The molecule has 1 saturated carbocycles. The molecule has 1 saturated heterocycles. The molecule has 11 heteroatoms. The molecule has 0 bridgehead atoms. The molecule has 1 amide bonds. The van der Waals surface area contributed by atoms with Crippen LogP contribution in [0.4, 0.5) is 4.79 Å². The van der Waals surface area contributed by atoms with Crippen molar-refractivity contribution in [3.05, 3.63) is 24.3 Å². The Labute approximate surface area is 184 Å². The van der Waals surface area contributed by atoms with Gasteiger partial charge < -0.3 is 10.1 Å². The normalized spacial score (nSPS) is 20.9. The van der Waals surface area contributed by atoms with E-state index in [2.05, 4.69) is 10.0 Å². The topological polar surface area (TPSA) is 122 Å². The number of hydrogen-bond acceptors (Lipinski definition) is 6. The molecule has 0 radical (unpaired) electrons. The van der Waals surface area contributed by atoms with Gasteiger partial charge in [0.25, 0.3) is 0 Å². The van der Waals surface area contributed by atoms with E-state index in [1.54, 1.807) is 20.8 Å². The zero-order chi connectivity index (χ0) is 22.9. The minimum absolute atomic E-state index is 0.0278. The van der Waals surface area contributed by atoms with Gasteiger partial charge in [0.1, 0.15) is 5.60 Å². The van der Waals surface area contributed by atoms with Crippen LogP contribution in [-0.2, 0) is 24.8 Å². The number of hydrogen-bond donors (Lipinski definition) is 2. The summed E-state index contributed by atoms with van der Waals surface area (Å²) in [5, 5.41) is 2.66. The summed E-state index contributed by atoms with van der Waals surface area (Å²) in [5.41, 5.74) is -0.640. The van der Waals surface area contributed by atoms with Gasteiger partial charge in [0.15, 0.2) is 0 Å². The molecule has 2 aliphatic rings. The van der Waals surface area contributed by atoms with Gasteiger partial charge in [-0.15, -0.1) is 0 Å². The summed E-state index contributed by atoms with van der Waals surface area (Å²) in [6.45, 7) is 5.76. The number of nitrogens with zero attached hydrogens (tertiary/aromatic N) is 1. The largest absolute Gasteiger partial charge is 0.444 e. The molecule has 9 nitrogen and oxygen atoms in total. The summed E-state index contributed by atoms with van der Waals surface area (Å²) < 4.78 is 60.3. The van der Waals surface area contributed by atoms with Crippen LogP contribution in [0.25, 0.3) is 0 Å². The van der Waals surface area contributed by atoms with Crippen molar-refractivity contribution in [1.82, 2.24) is 14.3 Å². The zero-order valence-electron chi connectivity index (χ0n) is 18.1. The van der Waals surface area contributed by atoms with E-state index in [1.807, 2.05) is 0 Å². The summed E-state index contributed by atoms with van der Waals surface area (Å²) >= 11 is 0. The van der Waals surface area contributed by atoms with Crippen LogP contribution < -0.4 is 10.0 Å². The zero-order valence-corrected chi connectivity index (χ0v) is 19.8. The average molecular weight is 474 g/mol. The molecular weight excluding hydrogens is 442 g/mol. The predicted octanol–water partition coefficient (Wildman–Crippen LogP) is 2.20. The van der Waals surface area contributed by atoms with E-state index in [4.69, 9.17) is 4.74 Å². The third kappa shape index (κ3) is 6.41. The highest BCUT2D eigenvalue weighted by molar-refractivity contribution is 7.89. The molecule has 1 heterocycles. The second kappa shape index (κ2) is 9.05. The lowest BCUT2D eigenvalue weighted by Gasteiger charge is -2.35. The Morgan fingerprint density at radius 3 is 2.23 bits per heavy atom. The minimum atomic E-state index is -3.84. The molecular formula is C20H31N3O6S2. The number of ether oxygens (including phenoxy) is 1. The van der Waals surface area contributed by atoms with E-state index in [0.717, 1.165) is 25.7 Å². The fourth-order valence-corrected chi connectivity index (χ4v) is 6.42. The fourth-order valence-electron chi connectivity index (χ4n) is 3.42. The van der Waals surface area contributed by atoms with Crippen LogP contribution in [0.3, 0.4) is 0 Å². The standard InChI is InChI=1S/C20H31N3O6S2/c1-20(2,3)29-19(24)21-14-16-6-4-5-13-23(16)31(27,28)18-11-9-17(10-12-18)30(25,26)22-15-7-8-15/h9-12,15-16,22H,4-8,13-14H2,1-3H3,(H,21,24). The lowest BCUT2D eigenvalue weighted by atomic mass is 10.1. The number of alkyl carbamates (subject to hydrolysis) is 1. The molecule has 0 spiro atoms. The second-order valence-electron chi connectivity index (χ2n) is 9.02. The van der Waals surface area contributed by atoms with E-state index in [9.17, 15) is 21.6 Å². The summed E-state index contributed by atoms with van der Waals surface area (Å²) in [6, 6.07) is 4.85. The first kappa shape index (κ1) is 24.0. The maximum Gasteiger partial charge on any atom is 0.407 e. The SMILES string of the molecule is CC(C)(C)OC(=O)NCC1CCCCN1S(=O)(=O)c1ccc(S(=O)(=O)NC2CC2)cc1. The minimum Gasteiger partial charge on any atom is -0.444 e. The quantitative estimate of drug-likeness (QED) is 0.626. The lowest BCUT2D eigenvalue weighted by molar-refractivity contribution is 0.0512. The van der Waals surface area contributed by atoms with Gasteiger partial charge in [-0.05, 0) is 70.7 Å². The Morgan fingerprint density at radius 1 is 1.03 bits per heavy atom. The van der Waals surface area contributed by atoms with Crippen LogP contribution in [0, 0.1) is 0 Å². The van der Waals surface area contributed by atoms with Crippen molar-refractivity contribution < 1.29 is 26.4 Å². The van der Waals surface area contributed by atoms with Gasteiger partial charge in [-0.25, -0.2) is 26.4 Å². The van der Waals surface area contributed by atoms with Crippen LogP contribution in [-0.4, -0.2) is 58.0 Å². The number of carbonyl (C=O) groups excluding carboxylic acids is 1. The Balaban J connectivity index is 1.71. The molecule has 1 atom stereocenters. The van der Waals surface area contributed by atoms with Crippen molar-refractivity contribution >= 4 is 26.1 Å². The molecule has 2 N–H and O–H groups in total. The van der Waals surface area contributed by atoms with Crippen molar-refractivity contribution in [3.63, 3.8) is 0 Å². The first-order valence-electron chi connectivity index (χ1n) is 10.5. The summed E-state index contributed by atoms with van der Waals surface area (Å²) in [5.74, 6) is 0. The Hall–Kier alpha value is -1.69. The summed E-state index contributed by atoms with van der Waals surface area (Å²) in [7, 11) is -7.49. The number of amides is 1. The van der Waals surface area contributed by atoms with E-state index in [0.29, 0.717) is 13.0 Å². The van der Waals surface area contributed by atoms with Crippen molar-refractivity contribution in [2.45, 2.75) is 80.4 Å². The molecule has 1 aromatic rings. The Bertz CT molecular complexity index is 996. The summed E-state index contributed by atoms with van der Waals surface area (Å²) in [6.07, 6.45) is 3.25. The number of sulfonamides is 2.